The Hall–Kier alpha value is -0.790. The van der Waals surface area contributed by atoms with Crippen LogP contribution < -0.4 is 0 Å². The number of hydrogen-bond donors (Lipinski definition) is 1. The van der Waals surface area contributed by atoms with Crippen LogP contribution in [0.25, 0.3) is 0 Å². The van der Waals surface area contributed by atoms with E-state index in [1.807, 2.05) is 0 Å². The van der Waals surface area contributed by atoms with Crippen molar-refractivity contribution >= 4 is 7.37 Å². The fourth-order valence-corrected chi connectivity index (χ4v) is 2.00. The van der Waals surface area contributed by atoms with Gasteiger partial charge in [-0.25, -0.2) is 0 Å². The van der Waals surface area contributed by atoms with Crippen LogP contribution in [0.5, 0.6) is 5.75 Å². The minimum Gasteiger partial charge on any atom is -0.508 e. The molecule has 1 rings (SSSR count). The van der Waals surface area contributed by atoms with E-state index in [2.05, 4.69) is 0 Å². The van der Waals surface area contributed by atoms with Gasteiger partial charge in [0, 0.05) is 19.9 Å². The molecule has 4 heteroatoms. The molecule has 0 aromatic heterocycles. The molecule has 1 N–H and O–H groups in total. The molecule has 0 radical (unpaired) electrons. The zero-order valence-corrected chi connectivity index (χ0v) is 8.62. The lowest BCUT2D eigenvalue weighted by atomic mass is 10.2. The summed E-state index contributed by atoms with van der Waals surface area (Å²) >= 11 is 0. The zero-order chi connectivity index (χ0) is 9.90. The maximum absolute atomic E-state index is 11.6. The summed E-state index contributed by atoms with van der Waals surface area (Å²) in [7, 11) is -1.05. The molecule has 0 bridgehead atoms. The van der Waals surface area contributed by atoms with Gasteiger partial charge >= 0.3 is 0 Å². The number of hydrogen-bond acceptors (Lipinski definition) is 3. The average Bonchev–Trinajstić information content (AvgIpc) is 2.09. The second kappa shape index (κ2) is 3.95. The minimum absolute atomic E-state index is 0.215. The molecule has 1 aromatic rings. The van der Waals surface area contributed by atoms with Crippen molar-refractivity contribution in [2.45, 2.75) is 6.16 Å². The van der Waals surface area contributed by atoms with E-state index in [-0.39, 0.29) is 5.75 Å². The van der Waals surface area contributed by atoms with E-state index in [0.29, 0.717) is 6.16 Å². The van der Waals surface area contributed by atoms with E-state index in [4.69, 9.17) is 9.63 Å². The third-order valence-electron chi connectivity index (χ3n) is 1.79. The minimum atomic E-state index is -2.49. The van der Waals surface area contributed by atoms with Crippen molar-refractivity contribution in [2.24, 2.45) is 0 Å². The Bertz CT molecular complexity index is 318. The highest BCUT2D eigenvalue weighted by Gasteiger charge is 2.13. The highest BCUT2D eigenvalue weighted by Crippen LogP contribution is 2.45. The normalized spacial score (nSPS) is 15.2. The van der Waals surface area contributed by atoms with Crippen LogP contribution in [0, 0.1) is 0 Å². The van der Waals surface area contributed by atoms with Crippen LogP contribution in [0.3, 0.4) is 0 Å². The van der Waals surface area contributed by atoms with Crippen molar-refractivity contribution in [3.63, 3.8) is 0 Å². The van der Waals surface area contributed by atoms with Crippen molar-refractivity contribution in [2.75, 3.05) is 13.8 Å². The van der Waals surface area contributed by atoms with Crippen LogP contribution >= 0.6 is 7.37 Å². The first-order valence-electron chi connectivity index (χ1n) is 3.94. The summed E-state index contributed by atoms with van der Waals surface area (Å²) in [5, 5.41) is 9.01. The van der Waals surface area contributed by atoms with E-state index in [1.54, 1.807) is 30.9 Å². The Morgan fingerprint density at radius 3 is 2.38 bits per heavy atom. The molecule has 0 spiro atoms. The highest BCUT2D eigenvalue weighted by atomic mass is 31.2. The molecule has 1 aromatic carbocycles. The van der Waals surface area contributed by atoms with Gasteiger partial charge in [0.15, 0.2) is 0 Å². The first kappa shape index (κ1) is 10.3. The molecule has 13 heavy (non-hydrogen) atoms. The Balaban J connectivity index is 2.75. The van der Waals surface area contributed by atoms with Gasteiger partial charge in [-0.05, 0) is 17.7 Å². The largest absolute Gasteiger partial charge is 0.508 e. The molecule has 0 fully saturated rings. The maximum Gasteiger partial charge on any atom is 0.204 e. The number of phenols is 1. The Kier molecular flexibility index (Phi) is 3.12. The van der Waals surface area contributed by atoms with Crippen LogP contribution in [0.15, 0.2) is 24.3 Å². The lowest BCUT2D eigenvalue weighted by Gasteiger charge is -2.09. The predicted octanol–water partition coefficient (Wildman–Crippen LogP) is 2.45. The van der Waals surface area contributed by atoms with Crippen LogP contribution in [-0.4, -0.2) is 18.9 Å². The molecule has 72 valence electrons. The van der Waals surface area contributed by atoms with Crippen LogP contribution in [0.2, 0.25) is 0 Å². The van der Waals surface area contributed by atoms with Gasteiger partial charge in [-0.3, -0.25) is 4.57 Å². The average molecular weight is 200 g/mol. The van der Waals surface area contributed by atoms with Gasteiger partial charge in [0.2, 0.25) is 7.37 Å². The number of aromatic hydroxyl groups is 1. The van der Waals surface area contributed by atoms with E-state index in [1.165, 1.54) is 7.11 Å². The summed E-state index contributed by atoms with van der Waals surface area (Å²) in [6.07, 6.45) is 0.407. The summed E-state index contributed by atoms with van der Waals surface area (Å²) in [6.45, 7) is 1.60. The SMILES string of the molecule is COP(C)(=O)Cc1ccc(O)cc1. The van der Waals surface area contributed by atoms with Gasteiger partial charge in [0.25, 0.3) is 0 Å². The molecule has 0 aliphatic rings. The van der Waals surface area contributed by atoms with Crippen molar-refractivity contribution in [1.29, 1.82) is 0 Å². The van der Waals surface area contributed by atoms with Gasteiger partial charge in [-0.2, -0.15) is 0 Å². The molecule has 0 aliphatic heterocycles. The zero-order valence-electron chi connectivity index (χ0n) is 7.73. The molecular weight excluding hydrogens is 187 g/mol. The smallest absolute Gasteiger partial charge is 0.204 e. The summed E-state index contributed by atoms with van der Waals surface area (Å²) in [5.74, 6) is 0.215. The van der Waals surface area contributed by atoms with Crippen molar-refractivity contribution in [1.82, 2.24) is 0 Å². The highest BCUT2D eigenvalue weighted by molar-refractivity contribution is 7.57. The van der Waals surface area contributed by atoms with E-state index >= 15 is 0 Å². The summed E-state index contributed by atoms with van der Waals surface area (Å²) in [4.78, 5) is 0. The Morgan fingerprint density at radius 1 is 1.38 bits per heavy atom. The first-order chi connectivity index (χ1) is 6.03. The van der Waals surface area contributed by atoms with Crippen molar-refractivity contribution in [3.05, 3.63) is 29.8 Å². The molecule has 0 heterocycles. The third-order valence-corrected chi connectivity index (χ3v) is 3.50. The van der Waals surface area contributed by atoms with E-state index in [0.717, 1.165) is 5.56 Å². The number of rotatable bonds is 3. The Morgan fingerprint density at radius 2 is 1.92 bits per heavy atom. The van der Waals surface area contributed by atoms with Gasteiger partial charge < -0.3 is 9.63 Å². The van der Waals surface area contributed by atoms with E-state index in [9.17, 15) is 4.57 Å². The topological polar surface area (TPSA) is 46.5 Å². The molecular formula is C9H13O3P. The second-order valence-electron chi connectivity index (χ2n) is 3.02. The van der Waals surface area contributed by atoms with E-state index < -0.39 is 7.37 Å². The maximum atomic E-state index is 11.6. The van der Waals surface area contributed by atoms with Gasteiger partial charge in [-0.1, -0.05) is 12.1 Å². The first-order valence-corrected chi connectivity index (χ1v) is 6.19. The predicted molar refractivity (Wildman–Crippen MR) is 52.4 cm³/mol. The molecule has 1 unspecified atom stereocenters. The molecule has 0 saturated carbocycles. The monoisotopic (exact) mass is 200 g/mol. The summed E-state index contributed by atoms with van der Waals surface area (Å²) in [5.41, 5.74) is 0.908. The van der Waals surface area contributed by atoms with Crippen LogP contribution in [0.1, 0.15) is 5.56 Å². The second-order valence-corrected chi connectivity index (χ2v) is 5.73. The third kappa shape index (κ3) is 3.21. The molecule has 0 amide bonds. The van der Waals surface area contributed by atoms with Crippen LogP contribution in [0.4, 0.5) is 0 Å². The van der Waals surface area contributed by atoms with Crippen LogP contribution in [-0.2, 0) is 15.3 Å². The fourth-order valence-electron chi connectivity index (χ4n) is 0.998. The lowest BCUT2D eigenvalue weighted by Crippen LogP contribution is -1.88. The molecule has 0 saturated heterocycles. The molecule has 0 aliphatic carbocycles. The standard InChI is InChI=1S/C9H13O3P/c1-12-13(2,11)7-8-3-5-9(10)6-4-8/h3-6,10H,7H2,1-2H3. The molecule has 1 atom stereocenters. The quantitative estimate of drug-likeness (QED) is 0.762. The Labute approximate surface area is 77.8 Å². The van der Waals surface area contributed by atoms with Gasteiger partial charge in [0.05, 0.1) is 0 Å². The molecule has 3 nitrogen and oxygen atoms in total. The summed E-state index contributed by atoms with van der Waals surface area (Å²) < 4.78 is 16.4. The number of phenolic OH excluding ortho intramolecular Hbond substituents is 1. The van der Waals surface area contributed by atoms with Gasteiger partial charge in [-0.15, -0.1) is 0 Å². The number of benzene rings is 1. The summed E-state index contributed by atoms with van der Waals surface area (Å²) in [6, 6.07) is 6.63. The van der Waals surface area contributed by atoms with Crippen molar-refractivity contribution < 1.29 is 14.2 Å². The van der Waals surface area contributed by atoms with Crippen molar-refractivity contribution in [3.8, 4) is 5.75 Å². The lowest BCUT2D eigenvalue weighted by molar-refractivity contribution is 0.398. The fraction of sp³-hybridized carbons (Fsp3) is 0.333. The van der Waals surface area contributed by atoms with Gasteiger partial charge in [0.1, 0.15) is 5.75 Å².